The van der Waals surface area contributed by atoms with Gasteiger partial charge in [-0.1, -0.05) is 37.6 Å². The first-order valence-electron chi connectivity index (χ1n) is 13.3. The number of carbonyl (C=O) groups is 2. The molecule has 0 spiro atoms. The number of ether oxygens (including phenoxy) is 1. The fourth-order valence-electron chi connectivity index (χ4n) is 4.49. The molecule has 0 saturated heterocycles. The van der Waals surface area contributed by atoms with Crippen molar-refractivity contribution in [3.8, 4) is 11.4 Å². The normalized spacial score (nSPS) is 14.2. The Balaban J connectivity index is 1.52. The summed E-state index contributed by atoms with van der Waals surface area (Å²) in [5.74, 6) is 1.96. The summed E-state index contributed by atoms with van der Waals surface area (Å²) in [5.41, 5.74) is 3.33. The van der Waals surface area contributed by atoms with Crippen LogP contribution in [0.3, 0.4) is 0 Å². The molecule has 0 unspecified atom stereocenters. The summed E-state index contributed by atoms with van der Waals surface area (Å²) in [4.78, 5) is 29.8. The first-order valence-corrected chi connectivity index (χ1v) is 13.6. The summed E-state index contributed by atoms with van der Waals surface area (Å²) in [6.45, 7) is 6.84. The molecule has 10 heteroatoms. The number of carbonyl (C=O) groups excluding carboxylic acids is 2. The van der Waals surface area contributed by atoms with E-state index in [0.29, 0.717) is 35.5 Å². The van der Waals surface area contributed by atoms with Crippen molar-refractivity contribution in [2.75, 3.05) is 20.2 Å². The summed E-state index contributed by atoms with van der Waals surface area (Å²) >= 11 is 6.17. The van der Waals surface area contributed by atoms with E-state index in [1.165, 1.54) is 0 Å². The predicted molar refractivity (Wildman–Crippen MR) is 152 cm³/mol. The van der Waals surface area contributed by atoms with Crippen LogP contribution in [0.5, 0.6) is 5.75 Å². The minimum Gasteiger partial charge on any atom is -0.497 e. The number of halogens is 1. The van der Waals surface area contributed by atoms with Gasteiger partial charge in [0.15, 0.2) is 5.82 Å². The van der Waals surface area contributed by atoms with Crippen molar-refractivity contribution < 1.29 is 14.3 Å². The van der Waals surface area contributed by atoms with Crippen LogP contribution < -0.4 is 15.4 Å². The molecule has 0 saturated carbocycles. The lowest BCUT2D eigenvalue weighted by molar-refractivity contribution is -0.124. The Hall–Kier alpha value is -3.72. The zero-order valence-corrected chi connectivity index (χ0v) is 23.6. The van der Waals surface area contributed by atoms with E-state index < -0.39 is 6.04 Å². The summed E-state index contributed by atoms with van der Waals surface area (Å²) in [6.07, 6.45) is 2.74. The van der Waals surface area contributed by atoms with Crippen LogP contribution in [0.2, 0.25) is 5.02 Å². The van der Waals surface area contributed by atoms with Gasteiger partial charge in [0.25, 0.3) is 0 Å². The van der Waals surface area contributed by atoms with Crippen LogP contribution in [0.25, 0.3) is 5.69 Å². The molecule has 4 rings (SSSR count). The van der Waals surface area contributed by atoms with Gasteiger partial charge < -0.3 is 15.4 Å². The van der Waals surface area contributed by atoms with Crippen LogP contribution in [0, 0.1) is 12.8 Å². The van der Waals surface area contributed by atoms with E-state index in [-0.39, 0.29) is 24.2 Å². The van der Waals surface area contributed by atoms with E-state index in [1.54, 1.807) is 7.11 Å². The highest BCUT2D eigenvalue weighted by Crippen LogP contribution is 2.34. The lowest BCUT2D eigenvalue weighted by atomic mass is 10.00. The van der Waals surface area contributed by atoms with Crippen LogP contribution in [0.4, 0.5) is 0 Å². The zero-order valence-electron chi connectivity index (χ0n) is 22.8. The molecule has 2 N–H and O–H groups in total. The quantitative estimate of drug-likeness (QED) is 0.340. The van der Waals surface area contributed by atoms with Gasteiger partial charge >= 0.3 is 0 Å². The van der Waals surface area contributed by atoms with Crippen LogP contribution in [0.1, 0.15) is 68.3 Å². The third-order valence-corrected chi connectivity index (χ3v) is 6.88. The number of aryl methyl sites for hydroxylation is 1. The number of methoxy groups -OCH3 is 1. The van der Waals surface area contributed by atoms with Crippen molar-refractivity contribution in [2.24, 2.45) is 10.9 Å². The molecule has 0 bridgehead atoms. The van der Waals surface area contributed by atoms with Crippen molar-refractivity contribution in [3.63, 3.8) is 0 Å². The number of amides is 2. The standard InChI is InChI=1S/C29H35ClN6O3/c1-18(2)29(38)32-15-7-5-6-14-31-26(37)17-24-28-35-34-19(3)36(28)25-13-12-22(39-4)16-23(25)27(33-24)20-8-10-21(30)11-9-20/h8-13,16,18,24H,5-7,14-15,17H2,1-4H3,(H,31,37)(H,32,38)/t24-/m0/s1. The Labute approximate surface area is 234 Å². The average molecular weight is 551 g/mol. The van der Waals surface area contributed by atoms with Crippen molar-refractivity contribution in [2.45, 2.75) is 52.5 Å². The molecule has 2 aromatic carbocycles. The first kappa shape index (κ1) is 28.3. The second-order valence-corrected chi connectivity index (χ2v) is 10.3. The number of nitrogens with one attached hydrogen (secondary N) is 2. The second kappa shape index (κ2) is 12.9. The van der Waals surface area contributed by atoms with E-state index in [4.69, 9.17) is 21.3 Å². The van der Waals surface area contributed by atoms with Gasteiger partial charge in [0.1, 0.15) is 17.6 Å². The maximum Gasteiger partial charge on any atom is 0.222 e. The number of unbranched alkanes of at least 4 members (excludes halogenated alkanes) is 2. The number of hydrogen-bond donors (Lipinski definition) is 2. The van der Waals surface area contributed by atoms with E-state index in [0.717, 1.165) is 41.8 Å². The summed E-state index contributed by atoms with van der Waals surface area (Å²) < 4.78 is 7.48. The molecule has 0 fully saturated rings. The molecule has 1 aromatic heterocycles. The molecule has 0 aliphatic carbocycles. The molecule has 0 radical (unpaired) electrons. The Kier molecular flexibility index (Phi) is 9.35. The minimum absolute atomic E-state index is 0.0134. The third-order valence-electron chi connectivity index (χ3n) is 6.63. The topological polar surface area (TPSA) is 110 Å². The number of hydrogen-bond acceptors (Lipinski definition) is 6. The highest BCUT2D eigenvalue weighted by atomic mass is 35.5. The van der Waals surface area contributed by atoms with Gasteiger partial charge in [-0.25, -0.2) is 0 Å². The first-order chi connectivity index (χ1) is 18.8. The maximum absolute atomic E-state index is 13.0. The third kappa shape index (κ3) is 6.84. The minimum atomic E-state index is -0.540. The van der Waals surface area contributed by atoms with Crippen molar-refractivity contribution >= 4 is 29.1 Å². The molecule has 206 valence electrons. The number of fused-ring (bicyclic) bond motifs is 3. The van der Waals surface area contributed by atoms with Crippen LogP contribution >= 0.6 is 11.6 Å². The lowest BCUT2D eigenvalue weighted by Crippen LogP contribution is -2.29. The van der Waals surface area contributed by atoms with Gasteiger partial charge in [-0.3, -0.25) is 19.1 Å². The Morgan fingerprint density at radius 1 is 1.03 bits per heavy atom. The molecule has 1 atom stereocenters. The summed E-state index contributed by atoms with van der Waals surface area (Å²) in [6, 6.07) is 12.7. The van der Waals surface area contributed by atoms with Gasteiger partial charge in [0.2, 0.25) is 11.8 Å². The number of nitrogens with zero attached hydrogens (tertiary/aromatic N) is 4. The van der Waals surface area contributed by atoms with Gasteiger partial charge in [-0.05, 0) is 56.5 Å². The van der Waals surface area contributed by atoms with Gasteiger partial charge in [0.05, 0.1) is 24.9 Å². The highest BCUT2D eigenvalue weighted by Gasteiger charge is 2.30. The Morgan fingerprint density at radius 3 is 2.44 bits per heavy atom. The molecule has 1 aliphatic rings. The van der Waals surface area contributed by atoms with Crippen molar-refractivity contribution in [1.29, 1.82) is 0 Å². The van der Waals surface area contributed by atoms with Gasteiger partial charge in [-0.2, -0.15) is 0 Å². The number of aromatic nitrogens is 3. The average Bonchev–Trinajstić information content (AvgIpc) is 3.25. The van der Waals surface area contributed by atoms with Gasteiger partial charge in [-0.15, -0.1) is 10.2 Å². The smallest absolute Gasteiger partial charge is 0.222 e. The fourth-order valence-corrected chi connectivity index (χ4v) is 4.62. The van der Waals surface area contributed by atoms with E-state index >= 15 is 0 Å². The number of aliphatic imine (C=N–C) groups is 1. The van der Waals surface area contributed by atoms with Crippen molar-refractivity contribution in [3.05, 3.63) is 70.3 Å². The maximum atomic E-state index is 13.0. The molecule has 9 nitrogen and oxygen atoms in total. The molecule has 39 heavy (non-hydrogen) atoms. The largest absolute Gasteiger partial charge is 0.497 e. The molecule has 3 aromatic rings. The van der Waals surface area contributed by atoms with E-state index in [2.05, 4.69) is 20.8 Å². The Bertz CT molecular complexity index is 1350. The van der Waals surface area contributed by atoms with Crippen LogP contribution in [-0.2, 0) is 9.59 Å². The van der Waals surface area contributed by atoms with Crippen LogP contribution in [0.15, 0.2) is 47.5 Å². The summed E-state index contributed by atoms with van der Waals surface area (Å²) in [5, 5.41) is 15.3. The second-order valence-electron chi connectivity index (χ2n) is 9.88. The fraction of sp³-hybridized carbons (Fsp3) is 0.414. The molecule has 2 heterocycles. The summed E-state index contributed by atoms with van der Waals surface area (Å²) in [7, 11) is 1.63. The highest BCUT2D eigenvalue weighted by molar-refractivity contribution is 6.30. The molecule has 2 amide bonds. The lowest BCUT2D eigenvalue weighted by Gasteiger charge is -2.14. The molecular formula is C29H35ClN6O3. The Morgan fingerprint density at radius 2 is 1.74 bits per heavy atom. The van der Waals surface area contributed by atoms with Crippen LogP contribution in [-0.4, -0.2) is 52.5 Å². The van der Waals surface area contributed by atoms with Gasteiger partial charge in [0, 0.05) is 35.2 Å². The number of rotatable bonds is 11. The molecule has 1 aliphatic heterocycles. The SMILES string of the molecule is COc1ccc2c(c1)C(c1ccc(Cl)cc1)=N[C@@H](CC(=O)NCCCCCNC(=O)C(C)C)c1nnc(C)n1-2. The molecular weight excluding hydrogens is 516 g/mol. The monoisotopic (exact) mass is 550 g/mol. The van der Waals surface area contributed by atoms with E-state index in [9.17, 15) is 9.59 Å². The van der Waals surface area contributed by atoms with Crippen molar-refractivity contribution in [1.82, 2.24) is 25.4 Å². The number of benzene rings is 2. The van der Waals surface area contributed by atoms with E-state index in [1.807, 2.05) is 67.8 Å². The zero-order chi connectivity index (χ0) is 27.9. The predicted octanol–water partition coefficient (Wildman–Crippen LogP) is 4.58.